The molecule has 126 valence electrons. The molecule has 5 heteroatoms. The number of aromatic nitrogens is 1. The van der Waals surface area contributed by atoms with Crippen molar-refractivity contribution in [1.29, 1.82) is 0 Å². The van der Waals surface area contributed by atoms with E-state index < -0.39 is 0 Å². The van der Waals surface area contributed by atoms with Crippen LogP contribution in [0.25, 0.3) is 0 Å². The molecule has 2 unspecified atom stereocenters. The third kappa shape index (κ3) is 2.84. The molecular formula is C19H22N2O3. The zero-order chi connectivity index (χ0) is 16.7. The maximum atomic E-state index is 13.1. The molecule has 2 atom stereocenters. The van der Waals surface area contributed by atoms with E-state index in [1.807, 2.05) is 49.1 Å². The van der Waals surface area contributed by atoms with Crippen molar-refractivity contribution in [3.63, 3.8) is 0 Å². The Hall–Kier alpha value is -2.14. The first-order chi connectivity index (χ1) is 11.6. The maximum absolute atomic E-state index is 13.1. The van der Waals surface area contributed by atoms with Crippen molar-refractivity contribution < 1.29 is 13.9 Å². The van der Waals surface area contributed by atoms with Crippen LogP contribution in [0, 0.1) is 6.92 Å². The molecule has 1 aromatic heterocycles. The number of ether oxygens (including phenoxy) is 1. The average molecular weight is 326 g/mol. The Labute approximate surface area is 141 Å². The molecule has 0 spiro atoms. The van der Waals surface area contributed by atoms with E-state index in [1.165, 1.54) is 0 Å². The van der Waals surface area contributed by atoms with E-state index in [-0.39, 0.29) is 18.1 Å². The van der Waals surface area contributed by atoms with Crippen LogP contribution in [0.5, 0.6) is 0 Å². The molecule has 0 N–H and O–H groups in total. The smallest absolute Gasteiger partial charge is 0.292 e. The maximum Gasteiger partial charge on any atom is 0.292 e. The second kappa shape index (κ2) is 6.06. The molecular weight excluding hydrogens is 304 g/mol. The minimum absolute atomic E-state index is 0.0139. The van der Waals surface area contributed by atoms with E-state index >= 15 is 0 Å². The molecule has 0 bridgehead atoms. The normalized spacial score (nSPS) is 24.2. The van der Waals surface area contributed by atoms with E-state index in [0.717, 1.165) is 18.4 Å². The minimum atomic E-state index is -0.0937. The van der Waals surface area contributed by atoms with Gasteiger partial charge in [0.05, 0.1) is 24.4 Å². The number of carbonyl (C=O) groups is 1. The first-order valence-corrected chi connectivity index (χ1v) is 8.58. The molecule has 1 saturated carbocycles. The number of nitrogens with zero attached hydrogens (tertiary/aromatic N) is 2. The van der Waals surface area contributed by atoms with Gasteiger partial charge in [-0.1, -0.05) is 30.3 Å². The summed E-state index contributed by atoms with van der Waals surface area (Å²) in [5.41, 5.74) is 1.77. The van der Waals surface area contributed by atoms with Gasteiger partial charge in [0.2, 0.25) is 5.76 Å². The fourth-order valence-corrected chi connectivity index (χ4v) is 3.23. The van der Waals surface area contributed by atoms with Crippen LogP contribution >= 0.6 is 0 Å². The minimum Gasteiger partial charge on any atom is -0.435 e. The van der Waals surface area contributed by atoms with Gasteiger partial charge in [-0.05, 0) is 32.3 Å². The van der Waals surface area contributed by atoms with Gasteiger partial charge in [0.25, 0.3) is 5.91 Å². The van der Waals surface area contributed by atoms with Gasteiger partial charge in [-0.25, -0.2) is 4.98 Å². The van der Waals surface area contributed by atoms with Crippen LogP contribution in [-0.2, 0) is 4.74 Å². The number of oxazole rings is 1. The van der Waals surface area contributed by atoms with E-state index in [2.05, 4.69) is 4.98 Å². The van der Waals surface area contributed by atoms with Gasteiger partial charge in [-0.15, -0.1) is 0 Å². The van der Waals surface area contributed by atoms with Crippen molar-refractivity contribution in [2.45, 2.75) is 44.8 Å². The van der Waals surface area contributed by atoms with E-state index in [1.54, 1.807) is 0 Å². The van der Waals surface area contributed by atoms with Crippen molar-refractivity contribution in [2.24, 2.45) is 0 Å². The number of hydrogen-bond donors (Lipinski definition) is 0. The van der Waals surface area contributed by atoms with Crippen LogP contribution in [0.2, 0.25) is 0 Å². The number of amides is 1. The summed E-state index contributed by atoms with van der Waals surface area (Å²) in [6, 6.07) is 9.93. The van der Waals surface area contributed by atoms with Gasteiger partial charge < -0.3 is 14.1 Å². The summed E-state index contributed by atoms with van der Waals surface area (Å²) in [7, 11) is 0. The molecule has 2 aliphatic rings. The van der Waals surface area contributed by atoms with Crippen molar-refractivity contribution in [3.05, 3.63) is 53.2 Å². The van der Waals surface area contributed by atoms with Gasteiger partial charge >= 0.3 is 0 Å². The monoisotopic (exact) mass is 326 g/mol. The van der Waals surface area contributed by atoms with Gasteiger partial charge in [-0.3, -0.25) is 4.79 Å². The Morgan fingerprint density at radius 1 is 1.25 bits per heavy atom. The fraction of sp³-hybridized carbons (Fsp3) is 0.474. The molecule has 2 heterocycles. The topological polar surface area (TPSA) is 55.6 Å². The quantitative estimate of drug-likeness (QED) is 0.867. The van der Waals surface area contributed by atoms with Crippen molar-refractivity contribution in [3.8, 4) is 0 Å². The highest BCUT2D eigenvalue weighted by atomic mass is 16.5. The number of benzene rings is 1. The summed E-state index contributed by atoms with van der Waals surface area (Å²) < 4.78 is 11.6. The zero-order valence-electron chi connectivity index (χ0n) is 14.1. The van der Waals surface area contributed by atoms with Crippen LogP contribution in [0.15, 0.2) is 34.7 Å². The highest BCUT2D eigenvalue weighted by Gasteiger charge is 2.36. The van der Waals surface area contributed by atoms with Crippen molar-refractivity contribution >= 4 is 5.91 Å². The zero-order valence-corrected chi connectivity index (χ0v) is 14.1. The summed E-state index contributed by atoms with van der Waals surface area (Å²) in [5, 5.41) is 0. The summed E-state index contributed by atoms with van der Waals surface area (Å²) in [6.45, 7) is 4.89. The molecule has 1 aliphatic carbocycles. The molecule has 4 rings (SSSR count). The lowest BCUT2D eigenvalue weighted by Crippen LogP contribution is -2.46. The van der Waals surface area contributed by atoms with Crippen LogP contribution in [-0.4, -0.2) is 35.0 Å². The Morgan fingerprint density at radius 3 is 2.71 bits per heavy atom. The third-order valence-electron chi connectivity index (χ3n) is 4.75. The first kappa shape index (κ1) is 15.4. The standard InChI is InChI=1S/C19H22N2O3/c1-12-10-21(16(11-23-12)14-6-4-3-5-7-14)19(22)17-13(2)20-18(24-17)15-8-9-15/h3-7,12,15-16H,8-11H2,1-2H3. The molecule has 2 fully saturated rings. The Morgan fingerprint density at radius 2 is 2.00 bits per heavy atom. The molecule has 1 amide bonds. The van der Waals surface area contributed by atoms with E-state index in [0.29, 0.717) is 36.4 Å². The fourth-order valence-electron chi connectivity index (χ4n) is 3.23. The summed E-state index contributed by atoms with van der Waals surface area (Å²) >= 11 is 0. The number of hydrogen-bond acceptors (Lipinski definition) is 4. The predicted octanol–water partition coefficient (Wildman–Crippen LogP) is 3.46. The number of aryl methyl sites for hydroxylation is 1. The molecule has 2 aromatic rings. The first-order valence-electron chi connectivity index (χ1n) is 8.58. The second-order valence-corrected chi connectivity index (χ2v) is 6.77. The SMILES string of the molecule is Cc1nc(C2CC2)oc1C(=O)N1CC(C)OCC1c1ccccc1. The molecule has 1 aromatic carbocycles. The van der Waals surface area contributed by atoms with E-state index in [4.69, 9.17) is 9.15 Å². The average Bonchev–Trinajstić information content (AvgIpc) is 3.37. The lowest BCUT2D eigenvalue weighted by Gasteiger charge is -2.38. The Bertz CT molecular complexity index is 736. The predicted molar refractivity (Wildman–Crippen MR) is 88.8 cm³/mol. The van der Waals surface area contributed by atoms with E-state index in [9.17, 15) is 4.79 Å². The lowest BCUT2D eigenvalue weighted by molar-refractivity contribution is -0.0457. The molecule has 1 saturated heterocycles. The molecule has 0 radical (unpaired) electrons. The van der Waals surface area contributed by atoms with Crippen molar-refractivity contribution in [2.75, 3.05) is 13.2 Å². The highest BCUT2D eigenvalue weighted by molar-refractivity contribution is 5.93. The summed E-state index contributed by atoms with van der Waals surface area (Å²) in [5.74, 6) is 1.41. The van der Waals surface area contributed by atoms with Crippen LogP contribution in [0.3, 0.4) is 0 Å². The highest BCUT2D eigenvalue weighted by Crippen LogP contribution is 2.40. The van der Waals surface area contributed by atoms with Gasteiger partial charge in [-0.2, -0.15) is 0 Å². The Kier molecular flexibility index (Phi) is 3.88. The van der Waals surface area contributed by atoms with Crippen LogP contribution in [0.1, 0.15) is 59.4 Å². The van der Waals surface area contributed by atoms with Crippen LogP contribution < -0.4 is 0 Å². The lowest BCUT2D eigenvalue weighted by atomic mass is 10.0. The van der Waals surface area contributed by atoms with Crippen LogP contribution in [0.4, 0.5) is 0 Å². The third-order valence-corrected chi connectivity index (χ3v) is 4.75. The Balaban J connectivity index is 1.64. The summed E-state index contributed by atoms with van der Waals surface area (Å²) in [4.78, 5) is 19.5. The number of rotatable bonds is 3. The molecule has 1 aliphatic heterocycles. The van der Waals surface area contributed by atoms with Gasteiger partial charge in [0, 0.05) is 12.5 Å². The summed E-state index contributed by atoms with van der Waals surface area (Å²) in [6.07, 6.45) is 2.23. The van der Waals surface area contributed by atoms with Gasteiger partial charge in [0.1, 0.15) is 0 Å². The van der Waals surface area contributed by atoms with Crippen molar-refractivity contribution in [1.82, 2.24) is 9.88 Å². The second-order valence-electron chi connectivity index (χ2n) is 6.77. The largest absolute Gasteiger partial charge is 0.435 e. The number of morpholine rings is 1. The molecule has 24 heavy (non-hydrogen) atoms. The molecule has 5 nitrogen and oxygen atoms in total. The number of carbonyl (C=O) groups excluding carboxylic acids is 1. The van der Waals surface area contributed by atoms with Gasteiger partial charge in [0.15, 0.2) is 5.89 Å².